The van der Waals surface area contributed by atoms with Crippen LogP contribution in [-0.2, 0) is 11.2 Å². The lowest BCUT2D eigenvalue weighted by molar-refractivity contribution is -0.117. The minimum Gasteiger partial charge on any atom is -0.492 e. The quantitative estimate of drug-likeness (QED) is 0.818. The SMILES string of the molecule is CN(CCOc1ccccc1)C(=O)Nc1ccccc1CC(N)=O. The highest BCUT2D eigenvalue weighted by Crippen LogP contribution is 2.16. The monoisotopic (exact) mass is 327 g/mol. The summed E-state index contributed by atoms with van der Waals surface area (Å²) in [6.45, 7) is 0.815. The zero-order valence-corrected chi connectivity index (χ0v) is 13.6. The van der Waals surface area contributed by atoms with Crippen LogP contribution in [0.15, 0.2) is 54.6 Å². The van der Waals surface area contributed by atoms with Crippen molar-refractivity contribution < 1.29 is 14.3 Å². The van der Waals surface area contributed by atoms with Crippen molar-refractivity contribution in [2.24, 2.45) is 5.73 Å². The first-order valence-electron chi connectivity index (χ1n) is 7.62. The summed E-state index contributed by atoms with van der Waals surface area (Å²) < 4.78 is 5.57. The van der Waals surface area contributed by atoms with E-state index >= 15 is 0 Å². The minimum absolute atomic E-state index is 0.0806. The third kappa shape index (κ3) is 5.31. The van der Waals surface area contributed by atoms with Crippen LogP contribution in [0.4, 0.5) is 10.5 Å². The summed E-state index contributed by atoms with van der Waals surface area (Å²) in [5.74, 6) is 0.319. The summed E-state index contributed by atoms with van der Waals surface area (Å²) >= 11 is 0. The number of nitrogens with one attached hydrogen (secondary N) is 1. The maximum absolute atomic E-state index is 12.2. The Morgan fingerprint density at radius 1 is 1.08 bits per heavy atom. The molecule has 0 fully saturated rings. The van der Waals surface area contributed by atoms with Crippen molar-refractivity contribution in [3.63, 3.8) is 0 Å². The van der Waals surface area contributed by atoms with E-state index in [0.717, 1.165) is 5.75 Å². The van der Waals surface area contributed by atoms with Gasteiger partial charge in [-0.15, -0.1) is 0 Å². The van der Waals surface area contributed by atoms with Gasteiger partial charge in [0.2, 0.25) is 5.91 Å². The molecule has 0 aliphatic carbocycles. The Morgan fingerprint density at radius 3 is 2.46 bits per heavy atom. The number of amides is 3. The largest absolute Gasteiger partial charge is 0.492 e. The van der Waals surface area contributed by atoms with Crippen molar-refractivity contribution >= 4 is 17.6 Å². The fourth-order valence-corrected chi connectivity index (χ4v) is 2.11. The van der Waals surface area contributed by atoms with Gasteiger partial charge in [0.25, 0.3) is 0 Å². The van der Waals surface area contributed by atoms with E-state index in [4.69, 9.17) is 10.5 Å². The molecular weight excluding hydrogens is 306 g/mol. The summed E-state index contributed by atoms with van der Waals surface area (Å²) in [5, 5.41) is 2.79. The number of likely N-dealkylation sites (N-methyl/N-ethyl adjacent to an activating group) is 1. The Labute approximate surface area is 141 Å². The molecule has 126 valence electrons. The third-order valence-electron chi connectivity index (χ3n) is 3.41. The number of ether oxygens (including phenoxy) is 1. The number of nitrogens with two attached hydrogens (primary N) is 1. The topological polar surface area (TPSA) is 84.7 Å². The van der Waals surface area contributed by atoms with Crippen LogP contribution in [0.3, 0.4) is 0 Å². The zero-order valence-electron chi connectivity index (χ0n) is 13.6. The lowest BCUT2D eigenvalue weighted by Crippen LogP contribution is -2.34. The second-order valence-electron chi connectivity index (χ2n) is 5.31. The average Bonchev–Trinajstić information content (AvgIpc) is 2.57. The van der Waals surface area contributed by atoms with Crippen molar-refractivity contribution in [1.29, 1.82) is 0 Å². The van der Waals surface area contributed by atoms with Crippen LogP contribution in [0.1, 0.15) is 5.56 Å². The highest BCUT2D eigenvalue weighted by molar-refractivity contribution is 5.91. The van der Waals surface area contributed by atoms with E-state index in [2.05, 4.69) is 5.32 Å². The highest BCUT2D eigenvalue weighted by Gasteiger charge is 2.12. The molecule has 0 atom stereocenters. The Balaban J connectivity index is 1.86. The molecule has 2 aromatic carbocycles. The molecule has 0 spiro atoms. The maximum atomic E-state index is 12.2. The van der Waals surface area contributed by atoms with Gasteiger partial charge in [0.15, 0.2) is 0 Å². The number of urea groups is 1. The summed E-state index contributed by atoms with van der Waals surface area (Å²) in [7, 11) is 1.68. The number of anilines is 1. The third-order valence-corrected chi connectivity index (χ3v) is 3.41. The lowest BCUT2D eigenvalue weighted by Gasteiger charge is -2.19. The van der Waals surface area contributed by atoms with E-state index in [1.807, 2.05) is 30.3 Å². The first-order valence-corrected chi connectivity index (χ1v) is 7.62. The number of hydrogen-bond acceptors (Lipinski definition) is 3. The summed E-state index contributed by atoms with van der Waals surface area (Å²) in [4.78, 5) is 24.9. The van der Waals surface area contributed by atoms with Gasteiger partial charge in [-0.05, 0) is 23.8 Å². The molecule has 24 heavy (non-hydrogen) atoms. The lowest BCUT2D eigenvalue weighted by atomic mass is 10.1. The smallest absolute Gasteiger partial charge is 0.321 e. The Bertz CT molecular complexity index is 689. The standard InChI is InChI=1S/C18H21N3O3/c1-21(11-12-24-15-8-3-2-4-9-15)18(23)20-16-10-6-5-7-14(16)13-17(19)22/h2-10H,11-13H2,1H3,(H2,19,22)(H,20,23). The number of carbonyl (C=O) groups excluding carboxylic acids is 2. The Kier molecular flexibility index (Phi) is 6.19. The molecule has 0 bridgehead atoms. The number of benzene rings is 2. The molecule has 6 heteroatoms. The van der Waals surface area contributed by atoms with Gasteiger partial charge < -0.3 is 20.7 Å². The summed E-state index contributed by atoms with van der Waals surface area (Å²) in [6.07, 6.45) is 0.0806. The predicted octanol–water partition coefficient (Wildman–Crippen LogP) is 2.26. The van der Waals surface area contributed by atoms with Gasteiger partial charge in [-0.2, -0.15) is 0 Å². The maximum Gasteiger partial charge on any atom is 0.321 e. The first-order chi connectivity index (χ1) is 11.6. The van der Waals surface area contributed by atoms with E-state index < -0.39 is 5.91 Å². The number of primary amides is 1. The van der Waals surface area contributed by atoms with Crippen molar-refractivity contribution in [3.8, 4) is 5.75 Å². The molecule has 0 heterocycles. The molecule has 0 unspecified atom stereocenters. The molecule has 0 aliphatic heterocycles. The van der Waals surface area contributed by atoms with Crippen LogP contribution >= 0.6 is 0 Å². The van der Waals surface area contributed by atoms with Gasteiger partial charge >= 0.3 is 6.03 Å². The van der Waals surface area contributed by atoms with Gasteiger partial charge in [0.05, 0.1) is 13.0 Å². The summed E-state index contributed by atoms with van der Waals surface area (Å²) in [6, 6.07) is 16.2. The second-order valence-corrected chi connectivity index (χ2v) is 5.31. The minimum atomic E-state index is -0.443. The van der Waals surface area contributed by atoms with E-state index in [9.17, 15) is 9.59 Å². The summed E-state index contributed by atoms with van der Waals surface area (Å²) in [5.41, 5.74) is 6.49. The van der Waals surface area contributed by atoms with Gasteiger partial charge in [-0.1, -0.05) is 36.4 Å². The van der Waals surface area contributed by atoms with Crippen molar-refractivity contribution in [3.05, 3.63) is 60.2 Å². The molecule has 3 N–H and O–H groups in total. The van der Waals surface area contributed by atoms with Gasteiger partial charge in [-0.3, -0.25) is 4.79 Å². The van der Waals surface area contributed by atoms with E-state index in [-0.39, 0.29) is 12.5 Å². The van der Waals surface area contributed by atoms with Crippen molar-refractivity contribution in [1.82, 2.24) is 4.90 Å². The van der Waals surface area contributed by atoms with Gasteiger partial charge in [0, 0.05) is 12.7 Å². The van der Waals surface area contributed by atoms with Crippen molar-refractivity contribution in [2.75, 3.05) is 25.5 Å². The number of hydrogen-bond donors (Lipinski definition) is 2. The number of nitrogens with zero attached hydrogens (tertiary/aromatic N) is 1. The van der Waals surface area contributed by atoms with Crippen LogP contribution < -0.4 is 15.8 Å². The van der Waals surface area contributed by atoms with Gasteiger partial charge in [0.1, 0.15) is 12.4 Å². The first kappa shape index (κ1) is 17.3. The Hall–Kier alpha value is -3.02. The van der Waals surface area contributed by atoms with Crippen LogP contribution in [0.5, 0.6) is 5.75 Å². The van der Waals surface area contributed by atoms with Crippen LogP contribution in [-0.4, -0.2) is 37.0 Å². The Morgan fingerprint density at radius 2 is 1.75 bits per heavy atom. The second kappa shape index (κ2) is 8.57. The molecule has 0 saturated heterocycles. The van der Waals surface area contributed by atoms with Crippen LogP contribution in [0.2, 0.25) is 0 Å². The fourth-order valence-electron chi connectivity index (χ4n) is 2.11. The zero-order chi connectivity index (χ0) is 17.4. The molecular formula is C18H21N3O3. The normalized spacial score (nSPS) is 10.0. The molecule has 3 amide bonds. The highest BCUT2D eigenvalue weighted by atomic mass is 16.5. The van der Waals surface area contributed by atoms with E-state index in [1.165, 1.54) is 4.90 Å². The van der Waals surface area contributed by atoms with Gasteiger partial charge in [-0.25, -0.2) is 4.79 Å². The fraction of sp³-hybridized carbons (Fsp3) is 0.222. The molecule has 0 aromatic heterocycles. The molecule has 6 nitrogen and oxygen atoms in total. The number of rotatable bonds is 7. The van der Waals surface area contributed by atoms with Crippen LogP contribution in [0.25, 0.3) is 0 Å². The average molecular weight is 327 g/mol. The number of para-hydroxylation sites is 2. The number of carbonyl (C=O) groups is 2. The van der Waals surface area contributed by atoms with E-state index in [1.54, 1.807) is 31.3 Å². The van der Waals surface area contributed by atoms with Crippen molar-refractivity contribution in [2.45, 2.75) is 6.42 Å². The molecule has 2 aromatic rings. The predicted molar refractivity (Wildman–Crippen MR) is 92.9 cm³/mol. The molecule has 0 aliphatic rings. The van der Waals surface area contributed by atoms with Crippen LogP contribution in [0, 0.1) is 0 Å². The molecule has 0 radical (unpaired) electrons. The molecule has 2 rings (SSSR count). The molecule has 0 saturated carbocycles. The van der Waals surface area contributed by atoms with E-state index in [0.29, 0.717) is 24.4 Å².